The number of fused-ring (bicyclic) bond motifs is 1. The predicted molar refractivity (Wildman–Crippen MR) is 60.3 cm³/mol. The zero-order valence-corrected chi connectivity index (χ0v) is 8.81. The van der Waals surface area contributed by atoms with Gasteiger partial charge < -0.3 is 4.57 Å². The highest BCUT2D eigenvalue weighted by Gasteiger charge is 2.08. The van der Waals surface area contributed by atoms with E-state index in [9.17, 15) is 0 Å². The molecule has 0 aliphatic heterocycles. The van der Waals surface area contributed by atoms with Gasteiger partial charge >= 0.3 is 0 Å². The fourth-order valence-corrected chi connectivity index (χ4v) is 2.31. The minimum atomic E-state index is 0.803. The highest BCUT2D eigenvalue weighted by Crippen LogP contribution is 2.24. The Morgan fingerprint density at radius 1 is 1.31 bits per heavy atom. The summed E-state index contributed by atoms with van der Waals surface area (Å²) in [5, 5.41) is 1.34. The smallest absolute Gasteiger partial charge is 0.0482 e. The number of aryl methyl sites for hydroxylation is 2. The van der Waals surface area contributed by atoms with Gasteiger partial charge in [-0.15, -0.1) is 0 Å². The molecule has 1 aromatic carbocycles. The lowest BCUT2D eigenvalue weighted by atomic mass is 10.2. The summed E-state index contributed by atoms with van der Waals surface area (Å²) < 4.78 is 2.22. The van der Waals surface area contributed by atoms with Gasteiger partial charge in [-0.1, -0.05) is 18.2 Å². The van der Waals surface area contributed by atoms with Crippen LogP contribution >= 0.6 is 12.6 Å². The third-order valence-electron chi connectivity index (χ3n) is 2.66. The van der Waals surface area contributed by atoms with E-state index >= 15 is 0 Å². The molecule has 2 heteroatoms. The van der Waals surface area contributed by atoms with Gasteiger partial charge in [0, 0.05) is 29.4 Å². The Labute approximate surface area is 83.8 Å². The Morgan fingerprint density at radius 3 is 2.62 bits per heavy atom. The first-order valence-corrected chi connectivity index (χ1v) is 5.02. The maximum Gasteiger partial charge on any atom is 0.0482 e. The number of aromatic nitrogens is 1. The zero-order chi connectivity index (χ0) is 9.42. The molecule has 0 amide bonds. The van der Waals surface area contributed by atoms with Gasteiger partial charge in [-0.05, 0) is 18.6 Å². The van der Waals surface area contributed by atoms with E-state index in [0.717, 1.165) is 5.75 Å². The Bertz CT molecular complexity index is 404. The molecule has 1 heterocycles. The molecular weight excluding hydrogens is 178 g/mol. The molecule has 0 radical (unpaired) electrons. The first kappa shape index (κ1) is 8.70. The Hall–Kier alpha value is -0.890. The van der Waals surface area contributed by atoms with Crippen molar-refractivity contribution in [2.24, 2.45) is 7.05 Å². The number of rotatable bonds is 1. The molecule has 0 saturated heterocycles. The van der Waals surface area contributed by atoms with Crippen LogP contribution in [0.15, 0.2) is 24.3 Å². The Morgan fingerprint density at radius 2 is 2.00 bits per heavy atom. The molecule has 0 saturated carbocycles. The van der Waals surface area contributed by atoms with E-state index in [0.29, 0.717) is 0 Å². The summed E-state index contributed by atoms with van der Waals surface area (Å²) in [6, 6.07) is 8.47. The van der Waals surface area contributed by atoms with E-state index in [-0.39, 0.29) is 0 Å². The van der Waals surface area contributed by atoms with Gasteiger partial charge in [0.1, 0.15) is 0 Å². The second-order valence-corrected chi connectivity index (χ2v) is 3.62. The fourth-order valence-electron chi connectivity index (χ4n) is 1.86. The standard InChI is InChI=1S/C11H13NS/c1-8-9-5-3-4-6-10(9)12(2)11(8)7-13/h3-6,13H,7H2,1-2H3. The largest absolute Gasteiger partial charge is 0.347 e. The van der Waals surface area contributed by atoms with Gasteiger partial charge in [-0.3, -0.25) is 0 Å². The lowest BCUT2D eigenvalue weighted by Crippen LogP contribution is -1.93. The molecule has 0 fully saturated rings. The second-order valence-electron chi connectivity index (χ2n) is 3.31. The number of nitrogens with zero attached hydrogens (tertiary/aromatic N) is 1. The summed E-state index contributed by atoms with van der Waals surface area (Å²) in [4.78, 5) is 0. The van der Waals surface area contributed by atoms with Crippen LogP contribution < -0.4 is 0 Å². The van der Waals surface area contributed by atoms with Gasteiger partial charge in [0.25, 0.3) is 0 Å². The summed E-state index contributed by atoms with van der Waals surface area (Å²) >= 11 is 4.34. The maximum absolute atomic E-state index is 4.34. The van der Waals surface area contributed by atoms with Crippen molar-refractivity contribution in [3.8, 4) is 0 Å². The summed E-state index contributed by atoms with van der Waals surface area (Å²) in [5.74, 6) is 0.803. The SMILES string of the molecule is Cc1c(CS)n(C)c2ccccc12. The fraction of sp³-hybridized carbons (Fsp3) is 0.273. The molecule has 0 aliphatic carbocycles. The molecule has 0 unspecified atom stereocenters. The van der Waals surface area contributed by atoms with Crippen LogP contribution in [0.25, 0.3) is 10.9 Å². The lowest BCUT2D eigenvalue weighted by molar-refractivity contribution is 0.903. The van der Waals surface area contributed by atoms with Crippen molar-refractivity contribution in [1.29, 1.82) is 0 Å². The maximum atomic E-state index is 4.34. The zero-order valence-electron chi connectivity index (χ0n) is 7.91. The lowest BCUT2D eigenvalue weighted by Gasteiger charge is -2.00. The first-order valence-electron chi connectivity index (χ1n) is 4.39. The minimum absolute atomic E-state index is 0.803. The molecule has 1 nitrogen and oxygen atoms in total. The molecule has 2 rings (SSSR count). The van der Waals surface area contributed by atoms with E-state index in [1.54, 1.807) is 0 Å². The number of hydrogen-bond acceptors (Lipinski definition) is 1. The highest BCUT2D eigenvalue weighted by molar-refractivity contribution is 7.79. The number of hydrogen-bond donors (Lipinski definition) is 1. The van der Waals surface area contributed by atoms with Crippen molar-refractivity contribution in [2.75, 3.05) is 0 Å². The van der Waals surface area contributed by atoms with Gasteiger partial charge in [0.15, 0.2) is 0 Å². The van der Waals surface area contributed by atoms with Crippen LogP contribution in [0, 0.1) is 6.92 Å². The summed E-state index contributed by atoms with van der Waals surface area (Å²) in [5.41, 5.74) is 3.96. The first-order chi connectivity index (χ1) is 6.25. The van der Waals surface area contributed by atoms with E-state index in [4.69, 9.17) is 0 Å². The van der Waals surface area contributed by atoms with Crippen LogP contribution in [0.3, 0.4) is 0 Å². The molecule has 1 aromatic heterocycles. The van der Waals surface area contributed by atoms with Crippen LogP contribution in [-0.4, -0.2) is 4.57 Å². The van der Waals surface area contributed by atoms with E-state index in [1.165, 1.54) is 22.2 Å². The van der Waals surface area contributed by atoms with Crippen LogP contribution in [0.1, 0.15) is 11.3 Å². The van der Waals surface area contributed by atoms with Crippen LogP contribution in [0.4, 0.5) is 0 Å². The molecule has 0 bridgehead atoms. The van der Waals surface area contributed by atoms with Gasteiger partial charge in [0.2, 0.25) is 0 Å². The van der Waals surface area contributed by atoms with Crippen molar-refractivity contribution < 1.29 is 0 Å². The number of thiol groups is 1. The average Bonchev–Trinajstić information content (AvgIpc) is 2.41. The van der Waals surface area contributed by atoms with Gasteiger partial charge in [0.05, 0.1) is 0 Å². The van der Waals surface area contributed by atoms with Gasteiger partial charge in [-0.25, -0.2) is 0 Å². The van der Waals surface area contributed by atoms with Gasteiger partial charge in [-0.2, -0.15) is 12.6 Å². The van der Waals surface area contributed by atoms with E-state index < -0.39 is 0 Å². The topological polar surface area (TPSA) is 4.93 Å². The predicted octanol–water partition coefficient (Wildman–Crippen LogP) is 2.92. The monoisotopic (exact) mass is 191 g/mol. The molecular formula is C11H13NS. The summed E-state index contributed by atoms with van der Waals surface area (Å²) in [6.45, 7) is 2.16. The van der Waals surface area contributed by atoms with E-state index in [2.05, 4.69) is 55.4 Å². The normalized spacial score (nSPS) is 11.0. The van der Waals surface area contributed by atoms with Crippen LogP contribution in [-0.2, 0) is 12.8 Å². The Kier molecular flexibility index (Phi) is 2.08. The van der Waals surface area contributed by atoms with Crippen molar-refractivity contribution in [2.45, 2.75) is 12.7 Å². The molecule has 0 N–H and O–H groups in total. The minimum Gasteiger partial charge on any atom is -0.347 e. The van der Waals surface area contributed by atoms with Crippen LogP contribution in [0.5, 0.6) is 0 Å². The van der Waals surface area contributed by atoms with Crippen LogP contribution in [0.2, 0.25) is 0 Å². The summed E-state index contributed by atoms with van der Waals surface area (Å²) in [7, 11) is 2.10. The molecule has 68 valence electrons. The number of benzene rings is 1. The highest BCUT2D eigenvalue weighted by atomic mass is 32.1. The summed E-state index contributed by atoms with van der Waals surface area (Å²) in [6.07, 6.45) is 0. The van der Waals surface area contributed by atoms with Crippen molar-refractivity contribution in [1.82, 2.24) is 4.57 Å². The van der Waals surface area contributed by atoms with Crippen molar-refractivity contribution in [3.63, 3.8) is 0 Å². The quantitative estimate of drug-likeness (QED) is 0.661. The van der Waals surface area contributed by atoms with E-state index in [1.807, 2.05) is 0 Å². The van der Waals surface area contributed by atoms with Crippen molar-refractivity contribution >= 4 is 23.5 Å². The van der Waals surface area contributed by atoms with Crippen molar-refractivity contribution in [3.05, 3.63) is 35.5 Å². The molecule has 0 spiro atoms. The molecule has 2 aromatic rings. The third kappa shape index (κ3) is 1.17. The third-order valence-corrected chi connectivity index (χ3v) is 2.96. The average molecular weight is 191 g/mol. The molecule has 0 atom stereocenters. The second kappa shape index (κ2) is 3.11. The molecule has 13 heavy (non-hydrogen) atoms. The Balaban J connectivity index is 2.88. The number of para-hydroxylation sites is 1. The molecule has 0 aliphatic rings.